The van der Waals surface area contributed by atoms with Crippen molar-refractivity contribution in [3.8, 4) is 5.69 Å². The molecule has 0 aliphatic carbocycles. The first-order valence-corrected chi connectivity index (χ1v) is 6.71. The first-order valence-electron chi connectivity index (χ1n) is 6.71. The van der Waals surface area contributed by atoms with Crippen molar-refractivity contribution in [1.82, 2.24) is 9.78 Å². The van der Waals surface area contributed by atoms with Crippen LogP contribution in [0, 0.1) is 19.7 Å². The summed E-state index contributed by atoms with van der Waals surface area (Å²) in [4.78, 5) is 11.9. The molecule has 6 nitrogen and oxygen atoms in total. The molecule has 22 heavy (non-hydrogen) atoms. The van der Waals surface area contributed by atoms with Gasteiger partial charge in [-0.05, 0) is 45.0 Å². The highest BCUT2D eigenvalue weighted by Crippen LogP contribution is 2.19. The summed E-state index contributed by atoms with van der Waals surface area (Å²) in [7, 11) is 0. The van der Waals surface area contributed by atoms with Gasteiger partial charge in [0.1, 0.15) is 5.82 Å². The maximum Gasteiger partial charge on any atom is 0.361 e. The minimum Gasteiger partial charge on any atom is -0.461 e. The fourth-order valence-corrected chi connectivity index (χ4v) is 2.21. The fourth-order valence-electron chi connectivity index (χ4n) is 2.21. The second kappa shape index (κ2) is 6.38. The lowest BCUT2D eigenvalue weighted by Gasteiger charge is -2.06. The van der Waals surface area contributed by atoms with Crippen LogP contribution in [0.25, 0.3) is 5.69 Å². The van der Waals surface area contributed by atoms with Gasteiger partial charge in [0.15, 0.2) is 5.71 Å². The van der Waals surface area contributed by atoms with Gasteiger partial charge in [0.05, 0.1) is 29.2 Å². The SMILES string of the molecule is CCOC(=O)C(=NO)c1c(C)nn(-c2ccc(F)cc2)c1C. The lowest BCUT2D eigenvalue weighted by atomic mass is 10.1. The number of esters is 1. The van der Waals surface area contributed by atoms with Gasteiger partial charge in [0.25, 0.3) is 0 Å². The molecule has 7 heteroatoms. The average Bonchev–Trinajstić information content (AvgIpc) is 2.78. The van der Waals surface area contributed by atoms with Gasteiger partial charge in [-0.1, -0.05) is 5.16 Å². The minimum absolute atomic E-state index is 0.169. The second-order valence-electron chi connectivity index (χ2n) is 4.60. The third-order valence-corrected chi connectivity index (χ3v) is 3.17. The summed E-state index contributed by atoms with van der Waals surface area (Å²) in [5.41, 5.74) is 1.91. The quantitative estimate of drug-likeness (QED) is 0.407. The Morgan fingerprint density at radius 2 is 2.00 bits per heavy atom. The van der Waals surface area contributed by atoms with Gasteiger partial charge < -0.3 is 9.94 Å². The van der Waals surface area contributed by atoms with Crippen LogP contribution < -0.4 is 0 Å². The molecule has 1 N–H and O–H groups in total. The van der Waals surface area contributed by atoms with E-state index < -0.39 is 5.97 Å². The van der Waals surface area contributed by atoms with E-state index in [9.17, 15) is 9.18 Å². The molecule has 2 aromatic rings. The Kier molecular flexibility index (Phi) is 4.55. The van der Waals surface area contributed by atoms with Crippen molar-refractivity contribution >= 4 is 11.7 Å². The molecule has 0 aliphatic rings. The summed E-state index contributed by atoms with van der Waals surface area (Å²) >= 11 is 0. The van der Waals surface area contributed by atoms with E-state index >= 15 is 0 Å². The first-order chi connectivity index (χ1) is 10.5. The van der Waals surface area contributed by atoms with Gasteiger partial charge in [-0.3, -0.25) is 0 Å². The molecule has 1 heterocycles. The predicted molar refractivity (Wildman–Crippen MR) is 78.0 cm³/mol. The van der Waals surface area contributed by atoms with Crippen molar-refractivity contribution in [3.63, 3.8) is 0 Å². The zero-order chi connectivity index (χ0) is 16.3. The monoisotopic (exact) mass is 305 g/mol. The number of aryl methyl sites for hydroxylation is 1. The number of halogens is 1. The molecule has 0 spiro atoms. The minimum atomic E-state index is -0.727. The molecule has 0 saturated heterocycles. The smallest absolute Gasteiger partial charge is 0.361 e. The number of ether oxygens (including phenoxy) is 1. The highest BCUT2D eigenvalue weighted by molar-refractivity contribution is 6.43. The van der Waals surface area contributed by atoms with Gasteiger partial charge in [0, 0.05) is 0 Å². The van der Waals surface area contributed by atoms with Gasteiger partial charge >= 0.3 is 5.97 Å². The third kappa shape index (κ3) is 2.83. The number of hydrogen-bond acceptors (Lipinski definition) is 5. The largest absolute Gasteiger partial charge is 0.461 e. The van der Waals surface area contributed by atoms with Gasteiger partial charge in [-0.2, -0.15) is 5.10 Å². The molecule has 0 amide bonds. The first kappa shape index (κ1) is 15.7. The topological polar surface area (TPSA) is 76.7 Å². The molecular formula is C15H16FN3O3. The molecule has 1 aromatic carbocycles. The Morgan fingerprint density at radius 3 is 2.55 bits per heavy atom. The van der Waals surface area contributed by atoms with E-state index in [2.05, 4.69) is 10.3 Å². The summed E-state index contributed by atoms with van der Waals surface area (Å²) < 4.78 is 19.4. The highest BCUT2D eigenvalue weighted by atomic mass is 19.1. The lowest BCUT2D eigenvalue weighted by Crippen LogP contribution is -2.20. The lowest BCUT2D eigenvalue weighted by molar-refractivity contribution is -0.135. The number of carbonyl (C=O) groups excluding carboxylic acids is 1. The summed E-state index contributed by atoms with van der Waals surface area (Å²) in [5, 5.41) is 16.5. The molecule has 0 radical (unpaired) electrons. The zero-order valence-electron chi connectivity index (χ0n) is 12.5. The molecule has 0 saturated carbocycles. The van der Waals surface area contributed by atoms with E-state index in [-0.39, 0.29) is 18.1 Å². The van der Waals surface area contributed by atoms with E-state index in [1.54, 1.807) is 37.6 Å². The molecule has 0 unspecified atom stereocenters. The van der Waals surface area contributed by atoms with Crippen LogP contribution in [0.4, 0.5) is 4.39 Å². The van der Waals surface area contributed by atoms with Crippen LogP contribution in [-0.4, -0.2) is 33.3 Å². The standard InChI is InChI=1S/C15H16FN3O3/c1-4-22-15(20)14(18-21)13-9(2)17-19(10(13)3)12-7-5-11(16)6-8-12/h5-8,21H,4H2,1-3H3. The van der Waals surface area contributed by atoms with Crippen LogP contribution in [0.1, 0.15) is 23.9 Å². The molecule has 1 aromatic heterocycles. The van der Waals surface area contributed by atoms with Crippen molar-refractivity contribution in [1.29, 1.82) is 0 Å². The van der Waals surface area contributed by atoms with Crippen molar-refractivity contribution in [2.75, 3.05) is 6.61 Å². The average molecular weight is 305 g/mol. The molecule has 116 valence electrons. The van der Waals surface area contributed by atoms with Crippen molar-refractivity contribution in [2.45, 2.75) is 20.8 Å². The summed E-state index contributed by atoms with van der Waals surface area (Å²) in [6.45, 7) is 5.24. The summed E-state index contributed by atoms with van der Waals surface area (Å²) in [6.07, 6.45) is 0. The third-order valence-electron chi connectivity index (χ3n) is 3.17. The molecular weight excluding hydrogens is 289 g/mol. The molecule has 0 bridgehead atoms. The second-order valence-corrected chi connectivity index (χ2v) is 4.60. The number of nitrogens with zero attached hydrogens (tertiary/aromatic N) is 3. The van der Waals surface area contributed by atoms with Crippen molar-refractivity contribution < 1.29 is 19.1 Å². The molecule has 0 fully saturated rings. The number of carbonyl (C=O) groups is 1. The molecule has 0 aliphatic heterocycles. The van der Waals surface area contributed by atoms with Crippen LogP contribution in [0.2, 0.25) is 0 Å². The summed E-state index contributed by atoms with van der Waals surface area (Å²) in [6, 6.07) is 5.77. The summed E-state index contributed by atoms with van der Waals surface area (Å²) in [5.74, 6) is -1.08. The Balaban J connectivity index is 2.51. The van der Waals surface area contributed by atoms with E-state index in [1.165, 1.54) is 12.1 Å². The number of oxime groups is 1. The van der Waals surface area contributed by atoms with E-state index in [0.29, 0.717) is 22.6 Å². The van der Waals surface area contributed by atoms with Crippen LogP contribution in [-0.2, 0) is 9.53 Å². The fraction of sp³-hybridized carbons (Fsp3) is 0.267. The van der Waals surface area contributed by atoms with Crippen LogP contribution in [0.15, 0.2) is 29.4 Å². The molecule has 0 atom stereocenters. The highest BCUT2D eigenvalue weighted by Gasteiger charge is 2.24. The molecule has 2 rings (SSSR count). The zero-order valence-corrected chi connectivity index (χ0v) is 12.5. The van der Waals surface area contributed by atoms with Crippen molar-refractivity contribution in [3.05, 3.63) is 47.0 Å². The van der Waals surface area contributed by atoms with E-state index in [1.807, 2.05) is 0 Å². The van der Waals surface area contributed by atoms with Crippen LogP contribution in [0.3, 0.4) is 0 Å². The van der Waals surface area contributed by atoms with Gasteiger partial charge in [-0.15, -0.1) is 0 Å². The van der Waals surface area contributed by atoms with Crippen LogP contribution in [0.5, 0.6) is 0 Å². The van der Waals surface area contributed by atoms with E-state index in [0.717, 1.165) is 0 Å². The predicted octanol–water partition coefficient (Wildman–Crippen LogP) is 2.37. The van der Waals surface area contributed by atoms with Gasteiger partial charge in [-0.25, -0.2) is 13.9 Å². The maximum absolute atomic E-state index is 13.0. The van der Waals surface area contributed by atoms with E-state index in [4.69, 9.17) is 9.94 Å². The maximum atomic E-state index is 13.0. The Labute approximate surface area is 126 Å². The Bertz CT molecular complexity index is 720. The van der Waals surface area contributed by atoms with Crippen molar-refractivity contribution in [2.24, 2.45) is 5.16 Å². The number of rotatable bonds is 4. The van der Waals surface area contributed by atoms with Crippen LogP contribution >= 0.6 is 0 Å². The number of hydrogen-bond donors (Lipinski definition) is 1. The van der Waals surface area contributed by atoms with Gasteiger partial charge in [0.2, 0.25) is 0 Å². The Hall–Kier alpha value is -2.70. The number of benzene rings is 1. The Morgan fingerprint density at radius 1 is 1.36 bits per heavy atom. The number of aromatic nitrogens is 2. The normalized spacial score (nSPS) is 11.5.